The fourth-order valence-electron chi connectivity index (χ4n) is 2.85. The molecule has 0 fully saturated rings. The topological polar surface area (TPSA) is 157 Å². The summed E-state index contributed by atoms with van der Waals surface area (Å²) in [7, 11) is -4.65. The summed E-state index contributed by atoms with van der Waals surface area (Å²) in [4.78, 5) is 22.2. The zero-order valence-corrected chi connectivity index (χ0v) is 20.2. The van der Waals surface area contributed by atoms with Gasteiger partial charge >= 0.3 is 7.82 Å². The van der Waals surface area contributed by atoms with Crippen molar-refractivity contribution in [1.82, 2.24) is 20.3 Å². The first kappa shape index (κ1) is 24.9. The molecule has 0 saturated carbocycles. The minimum absolute atomic E-state index is 0.354. The molecule has 0 amide bonds. The van der Waals surface area contributed by atoms with Gasteiger partial charge in [-0.1, -0.05) is 60.3 Å². The normalized spacial score (nSPS) is 13.9. The molecule has 0 unspecified atom stereocenters. The van der Waals surface area contributed by atoms with E-state index in [4.69, 9.17) is 31.6 Å². The molecule has 3 rings (SSSR count). The van der Waals surface area contributed by atoms with Gasteiger partial charge in [0.05, 0.1) is 17.2 Å². The lowest BCUT2D eigenvalue weighted by molar-refractivity contribution is 0.158. The molecule has 2 heterocycles. The lowest BCUT2D eigenvalue weighted by atomic mass is 10.1. The van der Waals surface area contributed by atoms with E-state index in [1.165, 1.54) is 12.8 Å². The van der Waals surface area contributed by atoms with Crippen LogP contribution in [-0.4, -0.2) is 36.7 Å². The van der Waals surface area contributed by atoms with Gasteiger partial charge in [-0.3, -0.25) is 4.52 Å². The Morgan fingerprint density at radius 3 is 2.75 bits per heavy atom. The van der Waals surface area contributed by atoms with Crippen LogP contribution in [0.2, 0.25) is 5.02 Å². The molecule has 0 saturated heterocycles. The largest absolute Gasteiger partial charge is 0.469 e. The van der Waals surface area contributed by atoms with Gasteiger partial charge in [0.2, 0.25) is 11.7 Å². The minimum Gasteiger partial charge on any atom is -0.339 e. The summed E-state index contributed by atoms with van der Waals surface area (Å²) >= 11 is 7.64. The number of hydrogen-bond donors (Lipinski definition) is 3. The molecule has 1 atom stereocenters. The predicted octanol–water partition coefficient (Wildman–Crippen LogP) is 4.31. The van der Waals surface area contributed by atoms with Crippen molar-refractivity contribution in [2.45, 2.75) is 51.5 Å². The molecular formula is C19H25ClN5O5PS. The van der Waals surface area contributed by atoms with Gasteiger partial charge < -0.3 is 20.0 Å². The average Bonchev–Trinajstić information content (AvgIpc) is 3.40. The maximum Gasteiger partial charge on any atom is 0.469 e. The van der Waals surface area contributed by atoms with Crippen LogP contribution >= 0.6 is 30.8 Å². The van der Waals surface area contributed by atoms with E-state index in [9.17, 15) is 4.57 Å². The van der Waals surface area contributed by atoms with Crippen LogP contribution < -0.4 is 5.73 Å². The van der Waals surface area contributed by atoms with Gasteiger partial charge in [0.1, 0.15) is 10.0 Å². The lowest BCUT2D eigenvalue weighted by Crippen LogP contribution is -2.37. The molecule has 0 aliphatic heterocycles. The molecule has 0 spiro atoms. The Labute approximate surface area is 194 Å². The second kappa shape index (κ2) is 10.5. The van der Waals surface area contributed by atoms with Crippen molar-refractivity contribution in [2.24, 2.45) is 5.73 Å². The van der Waals surface area contributed by atoms with Crippen LogP contribution in [0.5, 0.6) is 0 Å². The summed E-state index contributed by atoms with van der Waals surface area (Å²) in [6.45, 7) is 3.29. The van der Waals surface area contributed by atoms with Crippen molar-refractivity contribution < 1.29 is 23.4 Å². The molecule has 1 aromatic carbocycles. The summed E-state index contributed by atoms with van der Waals surface area (Å²) in [5.74, 6) is 1.07. The highest BCUT2D eigenvalue weighted by molar-refractivity contribution is 7.46. The van der Waals surface area contributed by atoms with Gasteiger partial charge in [0, 0.05) is 17.5 Å². The smallest absolute Gasteiger partial charge is 0.339 e. The fraction of sp³-hybridized carbons (Fsp3) is 0.474. The molecule has 0 aliphatic rings. The number of aromatic nitrogens is 4. The first-order valence-electron chi connectivity index (χ1n) is 10.0. The van der Waals surface area contributed by atoms with Gasteiger partial charge in [-0.15, -0.1) is 10.2 Å². The highest BCUT2D eigenvalue weighted by Gasteiger charge is 2.30. The Morgan fingerprint density at radius 2 is 2.06 bits per heavy atom. The maximum absolute atomic E-state index is 11.0. The highest BCUT2D eigenvalue weighted by atomic mass is 35.5. The van der Waals surface area contributed by atoms with Crippen LogP contribution in [0.4, 0.5) is 0 Å². The number of benzene rings is 1. The van der Waals surface area contributed by atoms with E-state index in [0.29, 0.717) is 37.9 Å². The molecule has 0 bridgehead atoms. The number of nitrogens with two attached hydrogens (primary N) is 1. The fourth-order valence-corrected chi connectivity index (χ4v) is 4.54. The van der Waals surface area contributed by atoms with Gasteiger partial charge in [0.25, 0.3) is 0 Å². The highest BCUT2D eigenvalue weighted by Crippen LogP contribution is 2.39. The van der Waals surface area contributed by atoms with E-state index in [2.05, 4.69) is 31.8 Å². The summed E-state index contributed by atoms with van der Waals surface area (Å²) < 4.78 is 20.8. The number of aryl methyl sites for hydroxylation is 1. The zero-order valence-electron chi connectivity index (χ0n) is 17.7. The third kappa shape index (κ3) is 6.64. The van der Waals surface area contributed by atoms with Crippen molar-refractivity contribution in [3.63, 3.8) is 0 Å². The number of phosphoric acid groups is 1. The summed E-state index contributed by atoms with van der Waals surface area (Å²) in [5.41, 5.74) is 6.22. The van der Waals surface area contributed by atoms with E-state index in [0.717, 1.165) is 30.6 Å². The van der Waals surface area contributed by atoms with E-state index in [1.807, 2.05) is 6.07 Å². The number of halogens is 1. The molecule has 10 nitrogen and oxygen atoms in total. The van der Waals surface area contributed by atoms with Crippen LogP contribution in [0, 0.1) is 0 Å². The Morgan fingerprint density at radius 1 is 1.28 bits per heavy atom. The van der Waals surface area contributed by atoms with Gasteiger partial charge in [-0.05, 0) is 25.5 Å². The van der Waals surface area contributed by atoms with Crippen LogP contribution in [0.1, 0.15) is 50.4 Å². The Bertz CT molecular complexity index is 1100. The van der Waals surface area contributed by atoms with E-state index in [-0.39, 0.29) is 0 Å². The van der Waals surface area contributed by atoms with Crippen LogP contribution in [0.25, 0.3) is 22.0 Å². The van der Waals surface area contributed by atoms with Crippen molar-refractivity contribution in [2.75, 3.05) is 6.61 Å². The van der Waals surface area contributed by atoms with Gasteiger partial charge in [-0.2, -0.15) is 4.98 Å². The van der Waals surface area contributed by atoms with Crippen molar-refractivity contribution in [1.29, 1.82) is 0 Å². The van der Waals surface area contributed by atoms with Crippen LogP contribution in [-0.2, 0) is 21.0 Å². The Balaban J connectivity index is 1.72. The van der Waals surface area contributed by atoms with Gasteiger partial charge in [-0.25, -0.2) is 4.57 Å². The minimum atomic E-state index is -4.65. The average molecular weight is 502 g/mol. The number of phosphoric ester groups is 1. The molecule has 32 heavy (non-hydrogen) atoms. The predicted molar refractivity (Wildman–Crippen MR) is 121 cm³/mol. The number of nitrogens with zero attached hydrogens (tertiary/aromatic N) is 4. The van der Waals surface area contributed by atoms with E-state index >= 15 is 0 Å². The summed E-state index contributed by atoms with van der Waals surface area (Å²) in [6, 6.07) is 5.31. The van der Waals surface area contributed by atoms with Crippen molar-refractivity contribution in [3.8, 4) is 22.0 Å². The van der Waals surface area contributed by atoms with Crippen LogP contribution in [0.3, 0.4) is 0 Å². The first-order chi connectivity index (χ1) is 15.1. The molecular weight excluding hydrogens is 477 g/mol. The van der Waals surface area contributed by atoms with Crippen molar-refractivity contribution in [3.05, 3.63) is 34.1 Å². The molecule has 174 valence electrons. The van der Waals surface area contributed by atoms with Crippen LogP contribution in [0.15, 0.2) is 22.7 Å². The molecule has 0 radical (unpaired) electrons. The maximum atomic E-state index is 11.0. The third-order valence-corrected chi connectivity index (χ3v) is 6.63. The second-order valence-electron chi connectivity index (χ2n) is 7.61. The third-order valence-electron chi connectivity index (χ3n) is 4.62. The SMILES string of the molecule is CCCCCCc1nc(-c2ccc(-c3nnc([C@@](C)(N)COP(=O)(O)O)s3)c(Cl)c2)no1. The molecule has 2 aromatic heterocycles. The quantitative estimate of drug-likeness (QED) is 0.255. The molecule has 3 aromatic rings. The number of unbranched alkanes of at least 4 members (excludes halogenated alkanes) is 3. The lowest BCUT2D eigenvalue weighted by Gasteiger charge is -2.21. The standard InChI is InChI=1S/C19H25ClN5O5PS/c1-3-4-5-6-7-15-22-16(25-30-15)12-8-9-13(14(20)10-12)17-23-24-18(32-17)19(2,21)11-29-31(26,27)28/h8-10H,3-7,11,21H2,1-2H3,(H2,26,27,28)/t19-/m0/s1. The second-order valence-corrected chi connectivity index (χ2v) is 10.2. The Kier molecular flexibility index (Phi) is 8.16. The van der Waals surface area contributed by atoms with E-state index in [1.54, 1.807) is 19.1 Å². The van der Waals surface area contributed by atoms with Crippen molar-refractivity contribution >= 4 is 30.8 Å². The molecule has 13 heteroatoms. The number of rotatable bonds is 11. The van der Waals surface area contributed by atoms with Gasteiger partial charge in [0.15, 0.2) is 0 Å². The Hall–Kier alpha value is -1.72. The number of hydrogen-bond acceptors (Lipinski definition) is 9. The summed E-state index contributed by atoms with van der Waals surface area (Å²) in [6.07, 6.45) is 5.24. The zero-order chi connectivity index (χ0) is 23.4. The summed E-state index contributed by atoms with van der Waals surface area (Å²) in [5, 5.41) is 13.5. The first-order valence-corrected chi connectivity index (χ1v) is 12.8. The van der Waals surface area contributed by atoms with E-state index < -0.39 is 20.0 Å². The molecule has 0 aliphatic carbocycles. The molecule has 4 N–H and O–H groups in total. The monoisotopic (exact) mass is 501 g/mol.